The molecule has 22 heavy (non-hydrogen) atoms. The first-order chi connectivity index (χ1) is 10.5. The minimum atomic E-state index is -0.936. The highest BCUT2D eigenvalue weighted by molar-refractivity contribution is 5.93. The molecule has 2 aromatic rings. The Hall–Kier alpha value is -2.89. The maximum absolute atomic E-state index is 13.4. The minimum Gasteiger partial charge on any atom is -0.480 e. The molecule has 0 radical (unpaired) electrons. The van der Waals surface area contributed by atoms with Crippen LogP contribution < -0.4 is 16.2 Å². The number of carbonyl (C=O) groups excluding carboxylic acids is 2. The molecular weight excluding hydrogens is 287 g/mol. The number of hydrogen-bond acceptors (Lipinski definition) is 3. The number of ether oxygens (including phenoxy) is 1. The van der Waals surface area contributed by atoms with Crippen molar-refractivity contribution >= 4 is 11.8 Å². The average molecular weight is 302 g/mol. The summed E-state index contributed by atoms with van der Waals surface area (Å²) in [6.45, 7) is 0. The lowest BCUT2D eigenvalue weighted by molar-refractivity contribution is -0.124. The van der Waals surface area contributed by atoms with Crippen LogP contribution in [0.5, 0.6) is 5.75 Å². The van der Waals surface area contributed by atoms with Crippen molar-refractivity contribution in [2.45, 2.75) is 12.5 Å². The van der Waals surface area contributed by atoms with Crippen molar-refractivity contribution in [2.75, 3.05) is 0 Å². The summed E-state index contributed by atoms with van der Waals surface area (Å²) in [4.78, 5) is 22.7. The highest BCUT2D eigenvalue weighted by atomic mass is 19.1. The van der Waals surface area contributed by atoms with Crippen LogP contribution in [0, 0.1) is 5.82 Å². The molecule has 2 rings (SSSR count). The van der Waals surface area contributed by atoms with Gasteiger partial charge in [0.25, 0.3) is 11.8 Å². The summed E-state index contributed by atoms with van der Waals surface area (Å²) >= 11 is 0. The lowest BCUT2D eigenvalue weighted by Crippen LogP contribution is -2.35. The first-order valence-electron chi connectivity index (χ1n) is 6.56. The summed E-state index contributed by atoms with van der Waals surface area (Å²) in [6, 6.07) is 12.6. The predicted molar refractivity (Wildman–Crippen MR) is 78.7 cm³/mol. The topological polar surface area (TPSA) is 95.4 Å². The van der Waals surface area contributed by atoms with Crippen LogP contribution in [0.1, 0.15) is 15.9 Å². The number of amides is 2. The van der Waals surface area contributed by atoms with Crippen molar-refractivity contribution in [1.82, 2.24) is 0 Å². The van der Waals surface area contributed by atoms with Gasteiger partial charge >= 0.3 is 0 Å². The van der Waals surface area contributed by atoms with Gasteiger partial charge in [-0.05, 0) is 29.8 Å². The average Bonchev–Trinajstić information content (AvgIpc) is 2.49. The van der Waals surface area contributed by atoms with Gasteiger partial charge in [-0.15, -0.1) is 0 Å². The fourth-order valence-corrected chi connectivity index (χ4v) is 1.97. The molecule has 0 aliphatic heterocycles. The van der Waals surface area contributed by atoms with Gasteiger partial charge < -0.3 is 16.2 Å². The van der Waals surface area contributed by atoms with Gasteiger partial charge in [0.05, 0.1) is 5.56 Å². The third-order valence-corrected chi connectivity index (χ3v) is 3.06. The summed E-state index contributed by atoms with van der Waals surface area (Å²) in [7, 11) is 0. The summed E-state index contributed by atoms with van der Waals surface area (Å²) in [5.74, 6) is -1.76. The number of hydrogen-bond donors (Lipinski definition) is 2. The second-order valence-electron chi connectivity index (χ2n) is 4.70. The highest BCUT2D eigenvalue weighted by Gasteiger charge is 2.19. The maximum atomic E-state index is 13.4. The molecule has 5 nitrogen and oxygen atoms in total. The molecule has 0 aromatic heterocycles. The van der Waals surface area contributed by atoms with Crippen molar-refractivity contribution in [1.29, 1.82) is 0 Å². The second-order valence-corrected chi connectivity index (χ2v) is 4.70. The third kappa shape index (κ3) is 3.82. The van der Waals surface area contributed by atoms with Crippen LogP contribution in [-0.4, -0.2) is 17.9 Å². The molecule has 0 spiro atoms. The number of primary amides is 2. The van der Waals surface area contributed by atoms with E-state index in [0.717, 1.165) is 6.07 Å². The molecule has 2 amide bonds. The number of para-hydroxylation sites is 1. The number of carbonyl (C=O) groups is 2. The lowest BCUT2D eigenvalue weighted by atomic mass is 10.0. The van der Waals surface area contributed by atoms with E-state index in [1.54, 1.807) is 24.3 Å². The van der Waals surface area contributed by atoms with Crippen molar-refractivity contribution in [3.63, 3.8) is 0 Å². The van der Waals surface area contributed by atoms with Crippen molar-refractivity contribution < 1.29 is 18.7 Å². The first kappa shape index (κ1) is 15.5. The lowest BCUT2D eigenvalue weighted by Gasteiger charge is -2.16. The summed E-state index contributed by atoms with van der Waals surface area (Å²) < 4.78 is 19.0. The van der Waals surface area contributed by atoms with Gasteiger partial charge in [0.15, 0.2) is 6.10 Å². The fraction of sp³-hybridized carbons (Fsp3) is 0.125. The first-order valence-corrected chi connectivity index (χ1v) is 6.56. The Bertz CT molecular complexity index is 689. The third-order valence-electron chi connectivity index (χ3n) is 3.06. The van der Waals surface area contributed by atoms with Crippen molar-refractivity contribution in [3.8, 4) is 5.75 Å². The van der Waals surface area contributed by atoms with Gasteiger partial charge in [0, 0.05) is 6.42 Å². The fourth-order valence-electron chi connectivity index (χ4n) is 1.97. The van der Waals surface area contributed by atoms with Crippen molar-refractivity contribution in [2.24, 2.45) is 11.5 Å². The number of benzene rings is 2. The van der Waals surface area contributed by atoms with Gasteiger partial charge in [-0.1, -0.05) is 24.3 Å². The van der Waals surface area contributed by atoms with E-state index >= 15 is 0 Å². The van der Waals surface area contributed by atoms with Crippen LogP contribution in [0.3, 0.4) is 0 Å². The van der Waals surface area contributed by atoms with E-state index in [-0.39, 0.29) is 12.0 Å². The molecule has 0 saturated heterocycles. The Morgan fingerprint density at radius 2 is 1.77 bits per heavy atom. The van der Waals surface area contributed by atoms with Gasteiger partial charge in [0.1, 0.15) is 11.6 Å². The van der Waals surface area contributed by atoms with E-state index in [1.807, 2.05) is 6.07 Å². The van der Waals surface area contributed by atoms with E-state index in [1.165, 1.54) is 12.1 Å². The summed E-state index contributed by atoms with van der Waals surface area (Å²) in [5, 5.41) is 0. The zero-order chi connectivity index (χ0) is 16.1. The molecule has 1 atom stereocenters. The van der Waals surface area contributed by atoms with E-state index in [4.69, 9.17) is 16.2 Å². The minimum absolute atomic E-state index is 0.102. The Balaban J connectivity index is 2.20. The molecule has 4 N–H and O–H groups in total. The molecule has 0 aliphatic carbocycles. The SMILES string of the molecule is NC(=O)c1cc(CC(Oc2ccccc2)C(N)=O)ccc1F. The standard InChI is InChI=1S/C16H15FN2O3/c17-13-7-6-10(8-12(13)15(18)20)9-14(16(19)21)22-11-4-2-1-3-5-11/h1-8,14H,9H2,(H2,18,20)(H2,19,21). The second kappa shape index (κ2) is 6.71. The van der Waals surface area contributed by atoms with Crippen LogP contribution in [0.15, 0.2) is 48.5 Å². The smallest absolute Gasteiger partial charge is 0.258 e. The largest absolute Gasteiger partial charge is 0.480 e. The molecule has 1 unspecified atom stereocenters. The van der Waals surface area contributed by atoms with E-state index < -0.39 is 23.7 Å². The Morgan fingerprint density at radius 1 is 1.09 bits per heavy atom. The number of nitrogens with two attached hydrogens (primary N) is 2. The highest BCUT2D eigenvalue weighted by Crippen LogP contribution is 2.16. The quantitative estimate of drug-likeness (QED) is 0.844. The Kier molecular flexibility index (Phi) is 4.73. The molecule has 6 heteroatoms. The molecule has 0 aliphatic rings. The monoisotopic (exact) mass is 302 g/mol. The maximum Gasteiger partial charge on any atom is 0.258 e. The van der Waals surface area contributed by atoms with Gasteiger partial charge in [-0.3, -0.25) is 9.59 Å². The predicted octanol–water partition coefficient (Wildman–Crippen LogP) is 1.40. The van der Waals surface area contributed by atoms with Crippen LogP contribution >= 0.6 is 0 Å². The molecule has 0 heterocycles. The molecule has 0 fully saturated rings. The molecule has 0 saturated carbocycles. The zero-order valence-electron chi connectivity index (χ0n) is 11.7. The van der Waals surface area contributed by atoms with E-state index in [9.17, 15) is 14.0 Å². The molecule has 114 valence electrons. The Labute approximate surface area is 126 Å². The summed E-state index contributed by atoms with van der Waals surface area (Å²) in [5.41, 5.74) is 10.7. The summed E-state index contributed by atoms with van der Waals surface area (Å²) in [6.07, 6.45) is -0.835. The van der Waals surface area contributed by atoms with Crippen LogP contribution in [0.4, 0.5) is 4.39 Å². The van der Waals surface area contributed by atoms with E-state index in [2.05, 4.69) is 0 Å². The molecular formula is C16H15FN2O3. The van der Waals surface area contributed by atoms with Crippen LogP contribution in [0.2, 0.25) is 0 Å². The molecule has 2 aromatic carbocycles. The van der Waals surface area contributed by atoms with Gasteiger partial charge in [0.2, 0.25) is 0 Å². The van der Waals surface area contributed by atoms with E-state index in [0.29, 0.717) is 11.3 Å². The normalized spacial score (nSPS) is 11.7. The van der Waals surface area contributed by atoms with Crippen LogP contribution in [0.25, 0.3) is 0 Å². The Morgan fingerprint density at radius 3 is 2.36 bits per heavy atom. The number of rotatable bonds is 6. The molecule has 0 bridgehead atoms. The zero-order valence-corrected chi connectivity index (χ0v) is 11.7. The van der Waals surface area contributed by atoms with Crippen molar-refractivity contribution in [3.05, 3.63) is 65.5 Å². The number of halogens is 1. The van der Waals surface area contributed by atoms with Crippen LogP contribution in [-0.2, 0) is 11.2 Å². The van der Waals surface area contributed by atoms with Gasteiger partial charge in [-0.2, -0.15) is 0 Å². The van der Waals surface area contributed by atoms with Gasteiger partial charge in [-0.25, -0.2) is 4.39 Å².